The SMILES string of the molecule is COc1ccc([C@H]2CCC[NH+]2[C@H](C)C(=O)Nc2cc(Cl)ccc2OC)c(OC)c1. The standard InChI is InChI=1S/C22H27ClN2O4/c1-14(22(26)24-18-12-15(23)7-10-20(18)28-3)25-11-5-6-19(25)17-9-8-16(27-2)13-21(17)29-4/h7-10,12-14,19H,5-6,11H2,1-4H3,(H,24,26)/p+1/t14-,19-/m1/s1. The second-order valence-electron chi connectivity index (χ2n) is 7.18. The van der Waals surface area contributed by atoms with Crippen LogP contribution in [0.3, 0.4) is 0 Å². The molecule has 3 atom stereocenters. The Bertz CT molecular complexity index is 874. The van der Waals surface area contributed by atoms with Gasteiger partial charge in [-0.15, -0.1) is 0 Å². The molecule has 0 bridgehead atoms. The van der Waals surface area contributed by atoms with Crippen LogP contribution in [0.25, 0.3) is 0 Å². The highest BCUT2D eigenvalue weighted by Crippen LogP contribution is 2.32. The third-order valence-corrected chi connectivity index (χ3v) is 5.83. The number of likely N-dealkylation sites (tertiary alicyclic amines) is 1. The number of hydrogen-bond donors (Lipinski definition) is 2. The highest BCUT2D eigenvalue weighted by molar-refractivity contribution is 6.31. The van der Waals surface area contributed by atoms with E-state index in [0.717, 1.165) is 36.4 Å². The van der Waals surface area contributed by atoms with Crippen LogP contribution in [0, 0.1) is 0 Å². The van der Waals surface area contributed by atoms with Crippen molar-refractivity contribution >= 4 is 23.2 Å². The Balaban J connectivity index is 1.81. The van der Waals surface area contributed by atoms with E-state index in [-0.39, 0.29) is 18.0 Å². The van der Waals surface area contributed by atoms with E-state index in [1.165, 1.54) is 4.90 Å². The fourth-order valence-corrected chi connectivity index (χ4v) is 4.21. The molecule has 0 radical (unpaired) electrons. The first kappa shape index (κ1) is 21.3. The molecule has 7 heteroatoms. The summed E-state index contributed by atoms with van der Waals surface area (Å²) >= 11 is 6.09. The molecule has 2 N–H and O–H groups in total. The van der Waals surface area contributed by atoms with E-state index in [1.807, 2.05) is 25.1 Å². The fourth-order valence-electron chi connectivity index (χ4n) is 4.04. The highest BCUT2D eigenvalue weighted by atomic mass is 35.5. The number of ether oxygens (including phenoxy) is 3. The lowest BCUT2D eigenvalue weighted by molar-refractivity contribution is -0.932. The molecule has 1 aliphatic rings. The predicted octanol–water partition coefficient (Wildman–Crippen LogP) is 3.11. The molecule has 6 nitrogen and oxygen atoms in total. The van der Waals surface area contributed by atoms with E-state index < -0.39 is 0 Å². The van der Waals surface area contributed by atoms with Gasteiger partial charge in [0.15, 0.2) is 6.04 Å². The van der Waals surface area contributed by atoms with Crippen molar-refractivity contribution in [2.75, 3.05) is 33.2 Å². The lowest BCUT2D eigenvalue weighted by atomic mass is 10.0. The maximum Gasteiger partial charge on any atom is 0.282 e. The number of rotatable bonds is 7. The molecule has 1 amide bonds. The topological polar surface area (TPSA) is 61.2 Å². The zero-order chi connectivity index (χ0) is 21.0. The molecule has 29 heavy (non-hydrogen) atoms. The van der Waals surface area contributed by atoms with Gasteiger partial charge in [0, 0.05) is 23.9 Å². The summed E-state index contributed by atoms with van der Waals surface area (Å²) in [5.74, 6) is 2.06. The third kappa shape index (κ3) is 4.60. The van der Waals surface area contributed by atoms with Gasteiger partial charge in [-0.05, 0) is 37.3 Å². The maximum atomic E-state index is 13.0. The first-order valence-electron chi connectivity index (χ1n) is 9.70. The van der Waals surface area contributed by atoms with Crippen molar-refractivity contribution in [2.24, 2.45) is 0 Å². The summed E-state index contributed by atoms with van der Waals surface area (Å²) in [5, 5.41) is 3.52. The summed E-state index contributed by atoms with van der Waals surface area (Å²) in [6, 6.07) is 11.0. The van der Waals surface area contributed by atoms with Gasteiger partial charge < -0.3 is 24.4 Å². The highest BCUT2D eigenvalue weighted by Gasteiger charge is 2.38. The van der Waals surface area contributed by atoms with Gasteiger partial charge in [0.2, 0.25) is 0 Å². The molecule has 1 fully saturated rings. The van der Waals surface area contributed by atoms with Gasteiger partial charge in [0.05, 0.1) is 39.1 Å². The molecule has 0 aromatic heterocycles. The predicted molar refractivity (Wildman–Crippen MR) is 113 cm³/mol. The molecule has 3 rings (SSSR count). The number of quaternary nitrogens is 1. The van der Waals surface area contributed by atoms with Gasteiger partial charge in [-0.2, -0.15) is 0 Å². The number of methoxy groups -OCH3 is 3. The minimum Gasteiger partial charge on any atom is -0.497 e. The van der Waals surface area contributed by atoms with Crippen molar-refractivity contribution in [2.45, 2.75) is 31.8 Å². The van der Waals surface area contributed by atoms with E-state index in [1.54, 1.807) is 39.5 Å². The van der Waals surface area contributed by atoms with Crippen LogP contribution in [-0.2, 0) is 4.79 Å². The Morgan fingerprint density at radius 1 is 1.10 bits per heavy atom. The van der Waals surface area contributed by atoms with Crippen LogP contribution in [0.15, 0.2) is 36.4 Å². The van der Waals surface area contributed by atoms with Crippen LogP contribution in [0.5, 0.6) is 17.2 Å². The molecular weight excluding hydrogens is 392 g/mol. The Morgan fingerprint density at radius 3 is 2.55 bits per heavy atom. The number of amides is 1. The quantitative estimate of drug-likeness (QED) is 0.724. The monoisotopic (exact) mass is 419 g/mol. The number of carbonyl (C=O) groups is 1. The van der Waals surface area contributed by atoms with Crippen LogP contribution in [0.4, 0.5) is 5.69 Å². The summed E-state index contributed by atoms with van der Waals surface area (Å²) in [6.45, 7) is 2.87. The molecule has 1 aliphatic heterocycles. The van der Waals surface area contributed by atoms with Gasteiger partial charge in [0.1, 0.15) is 23.3 Å². The van der Waals surface area contributed by atoms with E-state index >= 15 is 0 Å². The van der Waals surface area contributed by atoms with Crippen LogP contribution in [-0.4, -0.2) is 39.8 Å². The van der Waals surface area contributed by atoms with Crippen molar-refractivity contribution < 1.29 is 23.9 Å². The van der Waals surface area contributed by atoms with Crippen LogP contribution < -0.4 is 24.4 Å². The lowest BCUT2D eigenvalue weighted by Crippen LogP contribution is -3.15. The van der Waals surface area contributed by atoms with E-state index in [2.05, 4.69) is 5.32 Å². The third-order valence-electron chi connectivity index (χ3n) is 5.59. The number of nitrogens with one attached hydrogen (secondary N) is 2. The molecule has 2 aromatic rings. The van der Waals surface area contributed by atoms with E-state index in [0.29, 0.717) is 16.5 Å². The average Bonchev–Trinajstić information content (AvgIpc) is 3.22. The van der Waals surface area contributed by atoms with Crippen LogP contribution in [0.1, 0.15) is 31.4 Å². The zero-order valence-corrected chi connectivity index (χ0v) is 18.0. The van der Waals surface area contributed by atoms with Crippen molar-refractivity contribution in [3.05, 3.63) is 47.0 Å². The zero-order valence-electron chi connectivity index (χ0n) is 17.3. The number of halogens is 1. The Hall–Kier alpha value is -2.44. The molecule has 0 spiro atoms. The second-order valence-corrected chi connectivity index (χ2v) is 7.62. The molecule has 156 valence electrons. The lowest BCUT2D eigenvalue weighted by Gasteiger charge is -2.28. The Labute approximate surface area is 176 Å². The molecule has 0 aliphatic carbocycles. The van der Waals surface area contributed by atoms with Crippen molar-refractivity contribution in [3.63, 3.8) is 0 Å². The molecule has 1 saturated heterocycles. The molecule has 1 heterocycles. The normalized spacial score (nSPS) is 19.5. The Morgan fingerprint density at radius 2 is 1.86 bits per heavy atom. The van der Waals surface area contributed by atoms with Crippen LogP contribution in [0.2, 0.25) is 5.02 Å². The summed E-state index contributed by atoms with van der Waals surface area (Å²) in [5.41, 5.74) is 1.68. The Kier molecular flexibility index (Phi) is 6.87. The van der Waals surface area contributed by atoms with E-state index in [4.69, 9.17) is 25.8 Å². The number of benzene rings is 2. The number of carbonyl (C=O) groups excluding carboxylic acids is 1. The first-order chi connectivity index (χ1) is 14.0. The first-order valence-corrected chi connectivity index (χ1v) is 10.1. The number of hydrogen-bond acceptors (Lipinski definition) is 4. The second kappa shape index (κ2) is 9.37. The van der Waals surface area contributed by atoms with Crippen molar-refractivity contribution in [1.29, 1.82) is 0 Å². The molecule has 2 aromatic carbocycles. The summed E-state index contributed by atoms with van der Waals surface area (Å²) in [6.07, 6.45) is 2.05. The summed E-state index contributed by atoms with van der Waals surface area (Å²) < 4.78 is 16.3. The largest absolute Gasteiger partial charge is 0.497 e. The summed E-state index contributed by atoms with van der Waals surface area (Å²) in [7, 11) is 4.87. The summed E-state index contributed by atoms with van der Waals surface area (Å²) in [4.78, 5) is 14.2. The van der Waals surface area contributed by atoms with Crippen molar-refractivity contribution in [1.82, 2.24) is 0 Å². The van der Waals surface area contributed by atoms with Crippen LogP contribution >= 0.6 is 11.6 Å². The van der Waals surface area contributed by atoms with Gasteiger partial charge in [0.25, 0.3) is 5.91 Å². The number of anilines is 1. The van der Waals surface area contributed by atoms with Gasteiger partial charge >= 0.3 is 0 Å². The molecule has 1 unspecified atom stereocenters. The smallest absolute Gasteiger partial charge is 0.282 e. The maximum absolute atomic E-state index is 13.0. The van der Waals surface area contributed by atoms with Gasteiger partial charge in [-0.1, -0.05) is 11.6 Å². The average molecular weight is 420 g/mol. The van der Waals surface area contributed by atoms with Crippen molar-refractivity contribution in [3.8, 4) is 17.2 Å². The molecule has 0 saturated carbocycles. The van der Waals surface area contributed by atoms with Gasteiger partial charge in [-0.3, -0.25) is 4.79 Å². The van der Waals surface area contributed by atoms with Gasteiger partial charge in [-0.25, -0.2) is 0 Å². The fraction of sp³-hybridized carbons (Fsp3) is 0.409. The van der Waals surface area contributed by atoms with E-state index in [9.17, 15) is 4.79 Å². The molecular formula is C22H28ClN2O4+. The minimum absolute atomic E-state index is 0.0695. The minimum atomic E-state index is -0.252.